The highest BCUT2D eigenvalue weighted by Crippen LogP contribution is 2.19. The van der Waals surface area contributed by atoms with Crippen LogP contribution in [0.2, 0.25) is 0 Å². The van der Waals surface area contributed by atoms with Gasteiger partial charge in [0.05, 0.1) is 19.8 Å². The summed E-state index contributed by atoms with van der Waals surface area (Å²) in [5.74, 6) is 0.104. The van der Waals surface area contributed by atoms with Crippen molar-refractivity contribution in [3.05, 3.63) is 40.6 Å². The Balaban J connectivity index is 1.29. The number of carbonyl (C=O) groups is 2. The minimum Gasteiger partial charge on any atom is -0.378 e. The number of benzene rings is 1. The van der Waals surface area contributed by atoms with Crippen LogP contribution in [0.3, 0.4) is 0 Å². The minimum absolute atomic E-state index is 0.105. The van der Waals surface area contributed by atoms with E-state index in [1.54, 1.807) is 11.6 Å². The zero-order valence-electron chi connectivity index (χ0n) is 18.5. The summed E-state index contributed by atoms with van der Waals surface area (Å²) in [5.41, 5.74) is 1.50. The number of nitrogens with zero attached hydrogens (tertiary/aromatic N) is 5. The van der Waals surface area contributed by atoms with E-state index in [-0.39, 0.29) is 30.6 Å². The van der Waals surface area contributed by atoms with Crippen molar-refractivity contribution in [1.82, 2.24) is 19.2 Å². The number of aryl methyl sites for hydroxylation is 1. The smallest absolute Gasteiger partial charge is 0.346 e. The van der Waals surface area contributed by atoms with Gasteiger partial charge in [-0.2, -0.15) is 5.10 Å². The quantitative estimate of drug-likeness (QED) is 0.707. The van der Waals surface area contributed by atoms with Gasteiger partial charge in [-0.15, -0.1) is 0 Å². The molecule has 172 valence electrons. The first-order chi connectivity index (χ1) is 15.5. The largest absolute Gasteiger partial charge is 0.378 e. The third-order valence-electron chi connectivity index (χ3n) is 5.90. The maximum Gasteiger partial charge on any atom is 0.346 e. The van der Waals surface area contributed by atoms with Crippen molar-refractivity contribution in [2.24, 2.45) is 0 Å². The Morgan fingerprint density at radius 1 is 1.09 bits per heavy atom. The number of aromatic nitrogens is 3. The topological polar surface area (TPSA) is 102 Å². The predicted molar refractivity (Wildman–Crippen MR) is 120 cm³/mol. The number of carbonyl (C=O) groups excluding carboxylic acids is 2. The zero-order valence-corrected chi connectivity index (χ0v) is 18.5. The van der Waals surface area contributed by atoms with Crippen LogP contribution < -0.4 is 15.9 Å². The second-order valence-electron chi connectivity index (χ2n) is 8.26. The van der Waals surface area contributed by atoms with Gasteiger partial charge in [0, 0.05) is 44.5 Å². The van der Waals surface area contributed by atoms with Crippen LogP contribution in [-0.4, -0.2) is 71.0 Å². The first-order valence-electron chi connectivity index (χ1n) is 11.1. The molecule has 0 bridgehead atoms. The molecule has 0 saturated carbocycles. The van der Waals surface area contributed by atoms with Gasteiger partial charge in [-0.1, -0.05) is 6.42 Å². The van der Waals surface area contributed by atoms with Crippen LogP contribution in [0.1, 0.15) is 25.1 Å². The molecule has 10 heteroatoms. The number of morpholine rings is 1. The highest BCUT2D eigenvalue weighted by molar-refractivity contribution is 5.94. The van der Waals surface area contributed by atoms with Crippen molar-refractivity contribution in [2.45, 2.75) is 38.8 Å². The third-order valence-corrected chi connectivity index (χ3v) is 5.90. The van der Waals surface area contributed by atoms with Gasteiger partial charge >= 0.3 is 5.69 Å². The van der Waals surface area contributed by atoms with E-state index in [9.17, 15) is 14.4 Å². The molecule has 3 heterocycles. The molecule has 2 amide bonds. The van der Waals surface area contributed by atoms with Gasteiger partial charge in [-0.25, -0.2) is 9.48 Å². The third kappa shape index (κ3) is 5.18. The monoisotopic (exact) mass is 442 g/mol. The van der Waals surface area contributed by atoms with Crippen LogP contribution in [0.4, 0.5) is 11.4 Å². The van der Waals surface area contributed by atoms with E-state index in [0.717, 1.165) is 50.3 Å². The molecular weight excluding hydrogens is 412 g/mol. The van der Waals surface area contributed by atoms with Gasteiger partial charge in [0.1, 0.15) is 12.4 Å². The summed E-state index contributed by atoms with van der Waals surface area (Å²) < 4.78 is 8.24. The molecule has 0 radical (unpaired) electrons. The minimum atomic E-state index is -0.335. The number of ether oxygens (including phenoxy) is 1. The van der Waals surface area contributed by atoms with Crippen molar-refractivity contribution < 1.29 is 14.3 Å². The lowest BCUT2D eigenvalue weighted by atomic mass is 10.2. The van der Waals surface area contributed by atoms with Crippen molar-refractivity contribution in [3.63, 3.8) is 0 Å². The van der Waals surface area contributed by atoms with Crippen LogP contribution in [0.5, 0.6) is 0 Å². The van der Waals surface area contributed by atoms with Gasteiger partial charge in [0.15, 0.2) is 0 Å². The Labute approximate surface area is 186 Å². The number of rotatable bonds is 6. The highest BCUT2D eigenvalue weighted by Gasteiger charge is 2.20. The number of likely N-dealkylation sites (N-methyl/N-ethyl adjacent to an activating group) is 1. The van der Waals surface area contributed by atoms with E-state index in [4.69, 9.17) is 4.74 Å². The molecule has 2 aliphatic heterocycles. The number of anilines is 2. The summed E-state index contributed by atoms with van der Waals surface area (Å²) in [6.07, 6.45) is 3.77. The Morgan fingerprint density at radius 2 is 1.84 bits per heavy atom. The highest BCUT2D eigenvalue weighted by atomic mass is 16.5. The van der Waals surface area contributed by atoms with Crippen molar-refractivity contribution in [1.29, 1.82) is 0 Å². The van der Waals surface area contributed by atoms with Crippen LogP contribution in [0, 0.1) is 0 Å². The van der Waals surface area contributed by atoms with E-state index in [1.807, 2.05) is 24.3 Å². The number of nitrogens with one attached hydrogen (secondary N) is 1. The van der Waals surface area contributed by atoms with Crippen LogP contribution in [0.15, 0.2) is 29.1 Å². The molecule has 1 saturated heterocycles. The van der Waals surface area contributed by atoms with Gasteiger partial charge in [0.25, 0.3) is 0 Å². The molecular formula is C22H30N6O4. The zero-order chi connectivity index (χ0) is 22.5. The maximum absolute atomic E-state index is 12.6. The molecule has 1 fully saturated rings. The molecule has 0 unspecified atom stereocenters. The van der Waals surface area contributed by atoms with Crippen molar-refractivity contribution in [3.8, 4) is 0 Å². The number of hydrogen-bond acceptors (Lipinski definition) is 6. The Hall–Kier alpha value is -3.14. The van der Waals surface area contributed by atoms with E-state index in [2.05, 4.69) is 15.3 Å². The predicted octanol–water partition coefficient (Wildman–Crippen LogP) is 0.705. The molecule has 4 rings (SSSR count). The maximum atomic E-state index is 12.6. The lowest BCUT2D eigenvalue weighted by Crippen LogP contribution is -2.39. The van der Waals surface area contributed by atoms with Gasteiger partial charge < -0.3 is 19.9 Å². The fraction of sp³-hybridized carbons (Fsp3) is 0.545. The standard InChI is InChI=1S/C22H30N6O4/c1-25(21(30)16-28-22(31)27-10-4-2-3-5-19(27)24-28)15-20(29)23-17-6-8-18(9-7-17)26-11-13-32-14-12-26/h6-9H,2-5,10-16H2,1H3,(H,23,29). The van der Waals surface area contributed by atoms with Crippen molar-refractivity contribution in [2.75, 3.05) is 50.1 Å². The summed E-state index contributed by atoms with van der Waals surface area (Å²) in [7, 11) is 1.55. The molecule has 0 spiro atoms. The summed E-state index contributed by atoms with van der Waals surface area (Å²) in [5, 5.41) is 7.15. The summed E-state index contributed by atoms with van der Waals surface area (Å²) in [4.78, 5) is 41.1. The van der Waals surface area contributed by atoms with E-state index in [0.29, 0.717) is 25.4 Å². The molecule has 0 atom stereocenters. The Kier molecular flexibility index (Phi) is 6.89. The van der Waals surface area contributed by atoms with Gasteiger partial charge in [-0.3, -0.25) is 14.2 Å². The Morgan fingerprint density at radius 3 is 2.59 bits per heavy atom. The second-order valence-corrected chi connectivity index (χ2v) is 8.26. The average Bonchev–Trinajstić information content (AvgIpc) is 2.95. The molecule has 2 aromatic rings. The molecule has 2 aliphatic rings. The number of fused-ring (bicyclic) bond motifs is 1. The summed E-state index contributed by atoms with van der Waals surface area (Å²) in [6, 6.07) is 7.63. The van der Waals surface area contributed by atoms with E-state index in [1.165, 1.54) is 9.58 Å². The lowest BCUT2D eigenvalue weighted by Gasteiger charge is -2.28. The first-order valence-corrected chi connectivity index (χ1v) is 11.1. The molecule has 1 aromatic heterocycles. The average molecular weight is 443 g/mol. The summed E-state index contributed by atoms with van der Waals surface area (Å²) in [6.45, 7) is 3.50. The summed E-state index contributed by atoms with van der Waals surface area (Å²) >= 11 is 0. The molecule has 1 aromatic carbocycles. The van der Waals surface area contributed by atoms with Gasteiger partial charge in [-0.05, 0) is 37.1 Å². The van der Waals surface area contributed by atoms with E-state index < -0.39 is 0 Å². The lowest BCUT2D eigenvalue weighted by molar-refractivity contribution is -0.134. The normalized spacial score (nSPS) is 16.2. The number of hydrogen-bond donors (Lipinski definition) is 1. The van der Waals surface area contributed by atoms with Crippen molar-refractivity contribution >= 4 is 23.2 Å². The fourth-order valence-corrected chi connectivity index (χ4v) is 4.06. The first kappa shape index (κ1) is 22.1. The molecule has 10 nitrogen and oxygen atoms in total. The molecule has 0 aliphatic carbocycles. The van der Waals surface area contributed by atoms with Crippen LogP contribution >= 0.6 is 0 Å². The number of amides is 2. The van der Waals surface area contributed by atoms with Crippen LogP contribution in [-0.2, 0) is 33.8 Å². The van der Waals surface area contributed by atoms with Crippen LogP contribution in [0.25, 0.3) is 0 Å². The van der Waals surface area contributed by atoms with Gasteiger partial charge in [0.2, 0.25) is 11.8 Å². The van der Waals surface area contributed by atoms with E-state index >= 15 is 0 Å². The Bertz CT molecular complexity index is 1010. The molecule has 1 N–H and O–H groups in total. The fourth-order valence-electron chi connectivity index (χ4n) is 4.06. The SMILES string of the molecule is CN(CC(=O)Nc1ccc(N2CCOCC2)cc1)C(=O)Cn1nc2n(c1=O)CCCCC2. The second kappa shape index (κ2) is 9.99. The molecule has 32 heavy (non-hydrogen) atoms.